The van der Waals surface area contributed by atoms with Gasteiger partial charge in [0, 0.05) is 0 Å². The van der Waals surface area contributed by atoms with Crippen LogP contribution in [0.2, 0.25) is 0 Å². The van der Waals surface area contributed by atoms with Crippen LogP contribution in [0.4, 0.5) is 4.39 Å². The molecule has 1 rings (SSSR count). The molecule has 1 aliphatic rings. The summed E-state index contributed by atoms with van der Waals surface area (Å²) in [5.74, 6) is -0.950. The van der Waals surface area contributed by atoms with Crippen LogP contribution in [0.25, 0.3) is 0 Å². The van der Waals surface area contributed by atoms with Gasteiger partial charge in [0.15, 0.2) is 0 Å². The predicted molar refractivity (Wildman–Crippen MR) is 55.6 cm³/mol. The summed E-state index contributed by atoms with van der Waals surface area (Å²) in [6.45, 7) is 5.60. The Balaban J connectivity index is 2.38. The van der Waals surface area contributed by atoms with E-state index in [-0.39, 0.29) is 24.9 Å². The molecule has 0 aromatic heterocycles. The Morgan fingerprint density at radius 2 is 2.00 bits per heavy atom. The van der Waals surface area contributed by atoms with Crippen molar-refractivity contribution in [2.24, 2.45) is 0 Å². The average molecular weight is 234 g/mol. The van der Waals surface area contributed by atoms with Gasteiger partial charge in [0.05, 0.1) is 24.9 Å². The maximum absolute atomic E-state index is 13.3. The Morgan fingerprint density at radius 3 is 2.50 bits per heavy atom. The molecule has 0 N–H and O–H groups in total. The smallest absolute Gasteiger partial charge is 0.368 e. The number of alkyl halides is 1. The summed E-state index contributed by atoms with van der Waals surface area (Å²) < 4.78 is 28.3. The number of rotatable bonds is 4. The predicted octanol–water partition coefficient (Wildman–Crippen LogP) is 1.82. The highest BCUT2D eigenvalue weighted by molar-refractivity contribution is 5.72. The quantitative estimate of drug-likeness (QED) is 0.696. The summed E-state index contributed by atoms with van der Waals surface area (Å²) in [5, 5.41) is 0. The average Bonchev–Trinajstić information content (AvgIpc) is 2.16. The zero-order chi connectivity index (χ0) is 12.1. The van der Waals surface area contributed by atoms with Crippen molar-refractivity contribution >= 4 is 5.97 Å². The second-order valence-corrected chi connectivity index (χ2v) is 4.05. The Morgan fingerprint density at radius 1 is 1.44 bits per heavy atom. The monoisotopic (exact) mass is 234 g/mol. The van der Waals surface area contributed by atoms with Gasteiger partial charge in [-0.3, -0.25) is 0 Å². The van der Waals surface area contributed by atoms with Gasteiger partial charge in [-0.1, -0.05) is 0 Å². The third-order valence-corrected chi connectivity index (χ3v) is 2.44. The van der Waals surface area contributed by atoms with Crippen molar-refractivity contribution in [1.82, 2.24) is 0 Å². The van der Waals surface area contributed by atoms with E-state index in [4.69, 9.17) is 9.47 Å². The lowest BCUT2D eigenvalue weighted by molar-refractivity contribution is -0.188. The van der Waals surface area contributed by atoms with Crippen LogP contribution in [0.15, 0.2) is 0 Å². The number of hydrogen-bond donors (Lipinski definition) is 0. The Hall–Kier alpha value is -0.680. The van der Waals surface area contributed by atoms with E-state index in [0.717, 1.165) is 0 Å². The van der Waals surface area contributed by atoms with Crippen LogP contribution in [0, 0.1) is 0 Å². The van der Waals surface area contributed by atoms with E-state index < -0.39 is 12.3 Å². The third kappa shape index (κ3) is 4.06. The van der Waals surface area contributed by atoms with Crippen molar-refractivity contribution in [3.63, 3.8) is 0 Å². The van der Waals surface area contributed by atoms with Crippen LogP contribution in [-0.4, -0.2) is 37.2 Å². The fourth-order valence-corrected chi connectivity index (χ4v) is 1.89. The number of hydrogen-bond acceptors (Lipinski definition) is 4. The van der Waals surface area contributed by atoms with Crippen LogP contribution >= 0.6 is 0 Å². The Labute approximate surface area is 95.1 Å². The zero-order valence-electron chi connectivity index (χ0n) is 9.94. The Kier molecular flexibility index (Phi) is 5.15. The summed E-state index contributed by atoms with van der Waals surface area (Å²) in [5.41, 5.74) is 0. The molecule has 5 heteroatoms. The van der Waals surface area contributed by atoms with E-state index in [9.17, 15) is 9.18 Å². The van der Waals surface area contributed by atoms with Crippen molar-refractivity contribution in [2.45, 2.75) is 58.3 Å². The molecule has 1 saturated heterocycles. The minimum Gasteiger partial charge on any atom is -0.462 e. The molecule has 16 heavy (non-hydrogen) atoms. The Bertz CT molecular complexity index is 224. The largest absolute Gasteiger partial charge is 0.462 e. The van der Waals surface area contributed by atoms with Crippen molar-refractivity contribution in [3.8, 4) is 0 Å². The van der Waals surface area contributed by atoms with Crippen LogP contribution in [0.1, 0.15) is 33.6 Å². The molecule has 1 aliphatic heterocycles. The van der Waals surface area contributed by atoms with Gasteiger partial charge in [0.2, 0.25) is 0 Å². The van der Waals surface area contributed by atoms with Crippen molar-refractivity contribution in [1.29, 1.82) is 0 Å². The SMILES string of the molecule is CCOC(=O)C(F)OC1CC(C)OC(C)C1. The number of carbonyl (C=O) groups is 1. The van der Waals surface area contributed by atoms with Crippen LogP contribution < -0.4 is 0 Å². The van der Waals surface area contributed by atoms with Gasteiger partial charge in [0.25, 0.3) is 6.36 Å². The second-order valence-electron chi connectivity index (χ2n) is 4.05. The van der Waals surface area contributed by atoms with Crippen LogP contribution in [0.3, 0.4) is 0 Å². The normalized spacial score (nSPS) is 32.1. The van der Waals surface area contributed by atoms with Crippen molar-refractivity contribution < 1.29 is 23.4 Å². The number of ether oxygens (including phenoxy) is 3. The van der Waals surface area contributed by atoms with Gasteiger partial charge in [-0.05, 0) is 33.6 Å². The van der Waals surface area contributed by atoms with E-state index >= 15 is 0 Å². The number of esters is 1. The molecule has 0 aromatic rings. The first-order chi connectivity index (χ1) is 7.52. The molecule has 1 fully saturated rings. The highest BCUT2D eigenvalue weighted by Gasteiger charge is 2.30. The highest BCUT2D eigenvalue weighted by Crippen LogP contribution is 2.23. The summed E-state index contributed by atoms with van der Waals surface area (Å²) in [6, 6.07) is 0. The number of halogens is 1. The first-order valence-electron chi connectivity index (χ1n) is 5.64. The van der Waals surface area contributed by atoms with Gasteiger partial charge < -0.3 is 14.2 Å². The lowest BCUT2D eigenvalue weighted by Crippen LogP contribution is -2.37. The summed E-state index contributed by atoms with van der Waals surface area (Å²) in [7, 11) is 0. The van der Waals surface area contributed by atoms with E-state index in [1.54, 1.807) is 6.92 Å². The molecule has 1 heterocycles. The van der Waals surface area contributed by atoms with E-state index in [1.807, 2.05) is 13.8 Å². The second kappa shape index (κ2) is 6.15. The summed E-state index contributed by atoms with van der Waals surface area (Å²) in [4.78, 5) is 11.0. The lowest BCUT2D eigenvalue weighted by Gasteiger charge is -2.32. The maximum Gasteiger partial charge on any atom is 0.368 e. The molecule has 0 bridgehead atoms. The molecular weight excluding hydrogens is 215 g/mol. The first kappa shape index (κ1) is 13.4. The topological polar surface area (TPSA) is 44.8 Å². The minimum atomic E-state index is -1.98. The van der Waals surface area contributed by atoms with Gasteiger partial charge in [0.1, 0.15) is 0 Å². The van der Waals surface area contributed by atoms with Gasteiger partial charge in [-0.15, -0.1) is 0 Å². The molecule has 4 nitrogen and oxygen atoms in total. The van der Waals surface area contributed by atoms with E-state index in [2.05, 4.69) is 4.74 Å². The highest BCUT2D eigenvalue weighted by atomic mass is 19.1. The van der Waals surface area contributed by atoms with Crippen LogP contribution in [0.5, 0.6) is 0 Å². The van der Waals surface area contributed by atoms with Crippen LogP contribution in [-0.2, 0) is 19.0 Å². The molecule has 0 aliphatic carbocycles. The molecule has 3 atom stereocenters. The maximum atomic E-state index is 13.3. The molecule has 0 amide bonds. The van der Waals surface area contributed by atoms with Gasteiger partial charge in [-0.2, -0.15) is 0 Å². The molecule has 3 unspecified atom stereocenters. The standard InChI is InChI=1S/C11H19FO4/c1-4-14-11(13)10(12)16-9-5-7(2)15-8(3)6-9/h7-10H,4-6H2,1-3H3. The van der Waals surface area contributed by atoms with Gasteiger partial charge in [-0.25, -0.2) is 9.18 Å². The fourth-order valence-electron chi connectivity index (χ4n) is 1.89. The van der Waals surface area contributed by atoms with Gasteiger partial charge >= 0.3 is 5.97 Å². The molecule has 0 aromatic carbocycles. The first-order valence-corrected chi connectivity index (χ1v) is 5.64. The van der Waals surface area contributed by atoms with Crippen molar-refractivity contribution in [2.75, 3.05) is 6.61 Å². The molecule has 94 valence electrons. The number of carbonyl (C=O) groups excluding carboxylic acids is 1. The summed E-state index contributed by atoms with van der Waals surface area (Å²) >= 11 is 0. The molecule has 0 spiro atoms. The van der Waals surface area contributed by atoms with E-state index in [0.29, 0.717) is 12.8 Å². The fraction of sp³-hybridized carbons (Fsp3) is 0.909. The lowest BCUT2D eigenvalue weighted by atomic mass is 10.0. The molecule has 0 radical (unpaired) electrons. The molecule has 0 saturated carbocycles. The van der Waals surface area contributed by atoms with Crippen molar-refractivity contribution in [3.05, 3.63) is 0 Å². The third-order valence-electron chi connectivity index (χ3n) is 2.44. The van der Waals surface area contributed by atoms with E-state index in [1.165, 1.54) is 0 Å². The molecular formula is C11H19FO4. The summed E-state index contributed by atoms with van der Waals surface area (Å²) in [6.07, 6.45) is -0.999. The minimum absolute atomic E-state index is 0.0307. The zero-order valence-corrected chi connectivity index (χ0v) is 9.94.